The minimum absolute atomic E-state index is 0.280. The smallest absolute Gasteiger partial charge is 0.422 e. The van der Waals surface area contributed by atoms with Gasteiger partial charge in [0, 0.05) is 19.2 Å². The molecule has 2 aromatic carbocycles. The van der Waals surface area contributed by atoms with Gasteiger partial charge in [-0.2, -0.15) is 31.3 Å². The van der Waals surface area contributed by atoms with Gasteiger partial charge in [0.2, 0.25) is 5.90 Å². The van der Waals surface area contributed by atoms with Crippen LogP contribution in [0.2, 0.25) is 5.02 Å². The zero-order valence-corrected chi connectivity index (χ0v) is 17.0. The van der Waals surface area contributed by atoms with E-state index in [9.17, 15) is 41.3 Å². The van der Waals surface area contributed by atoms with Gasteiger partial charge in [-0.1, -0.05) is 11.6 Å². The number of alkyl halides is 6. The SMILES string of the molecule is CNC(=O)N=C(OCC(F)(F)F)c1cc(Oc2ccc(C(F)(F)F)cc2Cl)ccc1[N+](=O)[O-]. The molecule has 0 fully saturated rings. The highest BCUT2D eigenvalue weighted by Gasteiger charge is 2.32. The molecule has 2 amide bonds. The summed E-state index contributed by atoms with van der Waals surface area (Å²) in [6.45, 7) is -1.92. The summed E-state index contributed by atoms with van der Waals surface area (Å²) in [7, 11) is 1.10. The van der Waals surface area contributed by atoms with Crippen LogP contribution < -0.4 is 10.1 Å². The Balaban J connectivity index is 2.51. The third-order valence-corrected chi connectivity index (χ3v) is 3.97. The second-order valence-electron chi connectivity index (χ2n) is 6.06. The van der Waals surface area contributed by atoms with E-state index in [0.717, 1.165) is 31.3 Å². The number of hydrogen-bond donors (Lipinski definition) is 1. The Morgan fingerprint density at radius 3 is 2.33 bits per heavy atom. The lowest BCUT2D eigenvalue weighted by atomic mass is 10.1. The standard InChI is InChI=1S/C18H12ClF6N3O5/c1-26-16(29)27-15(32-8-17(20,21)22)11-7-10(3-4-13(11)28(30)31)33-14-5-2-9(6-12(14)19)18(23,24)25/h2-7H,8H2,1H3,(H,26,29). The number of nitrogens with one attached hydrogen (secondary N) is 1. The minimum Gasteiger partial charge on any atom is -0.467 e. The monoisotopic (exact) mass is 499 g/mol. The normalized spacial score (nSPS) is 12.3. The number of aliphatic imine (C=N–C) groups is 1. The van der Waals surface area contributed by atoms with Crippen LogP contribution in [-0.4, -0.2) is 36.7 Å². The van der Waals surface area contributed by atoms with E-state index in [0.29, 0.717) is 12.1 Å². The van der Waals surface area contributed by atoms with Gasteiger partial charge in [-0.15, -0.1) is 0 Å². The molecule has 0 radical (unpaired) electrons. The lowest BCUT2D eigenvalue weighted by Crippen LogP contribution is -2.24. The number of rotatable bonds is 5. The Bertz CT molecular complexity index is 1090. The van der Waals surface area contributed by atoms with Crippen LogP contribution in [0.25, 0.3) is 0 Å². The second-order valence-corrected chi connectivity index (χ2v) is 6.46. The maximum absolute atomic E-state index is 12.8. The van der Waals surface area contributed by atoms with Crippen molar-refractivity contribution in [3.63, 3.8) is 0 Å². The van der Waals surface area contributed by atoms with Gasteiger partial charge < -0.3 is 14.8 Å². The van der Waals surface area contributed by atoms with Gasteiger partial charge >= 0.3 is 18.4 Å². The average molecular weight is 500 g/mol. The molecule has 0 aromatic heterocycles. The highest BCUT2D eigenvalue weighted by Crippen LogP contribution is 2.37. The number of urea groups is 1. The quantitative estimate of drug-likeness (QED) is 0.186. The van der Waals surface area contributed by atoms with Gasteiger partial charge in [0.1, 0.15) is 17.1 Å². The van der Waals surface area contributed by atoms with Crippen molar-refractivity contribution in [2.45, 2.75) is 12.4 Å². The largest absolute Gasteiger partial charge is 0.467 e. The third kappa shape index (κ3) is 7.24. The predicted octanol–water partition coefficient (Wildman–Crippen LogP) is 5.72. The van der Waals surface area contributed by atoms with Crippen LogP contribution in [0, 0.1) is 10.1 Å². The first-order chi connectivity index (χ1) is 15.2. The van der Waals surface area contributed by atoms with E-state index < -0.39 is 57.6 Å². The fourth-order valence-corrected chi connectivity index (χ4v) is 2.48. The molecule has 0 aliphatic heterocycles. The lowest BCUT2D eigenvalue weighted by molar-refractivity contribution is -0.385. The number of amides is 2. The summed E-state index contributed by atoms with van der Waals surface area (Å²) in [6, 6.07) is 3.61. The summed E-state index contributed by atoms with van der Waals surface area (Å²) >= 11 is 5.80. The van der Waals surface area contributed by atoms with Crippen LogP contribution in [0.15, 0.2) is 41.4 Å². The second kappa shape index (κ2) is 9.94. The van der Waals surface area contributed by atoms with Crippen LogP contribution in [0.5, 0.6) is 11.5 Å². The van der Waals surface area contributed by atoms with Gasteiger partial charge in [0.25, 0.3) is 5.69 Å². The Morgan fingerprint density at radius 1 is 1.15 bits per heavy atom. The van der Waals surface area contributed by atoms with E-state index in [1.54, 1.807) is 0 Å². The topological polar surface area (TPSA) is 103 Å². The molecule has 0 saturated carbocycles. The number of hydrogen-bond acceptors (Lipinski definition) is 5. The zero-order valence-electron chi connectivity index (χ0n) is 16.3. The van der Waals surface area contributed by atoms with E-state index in [-0.39, 0.29) is 11.5 Å². The lowest BCUT2D eigenvalue weighted by Gasteiger charge is -2.14. The Labute approximate surface area is 185 Å². The molecule has 0 saturated heterocycles. The van der Waals surface area contributed by atoms with Gasteiger partial charge in [-0.25, -0.2) is 4.79 Å². The minimum atomic E-state index is -4.86. The first kappa shape index (κ1) is 25.7. The molecule has 8 nitrogen and oxygen atoms in total. The van der Waals surface area contributed by atoms with Gasteiger partial charge in [-0.05, 0) is 24.3 Å². The van der Waals surface area contributed by atoms with Crippen LogP contribution in [-0.2, 0) is 10.9 Å². The number of carbonyl (C=O) groups excluding carboxylic acids is 1. The molecule has 2 rings (SSSR count). The molecular formula is C18H12ClF6N3O5. The molecule has 0 heterocycles. The van der Waals surface area contributed by atoms with Crippen molar-refractivity contribution in [3.05, 3.63) is 62.7 Å². The molecule has 178 valence electrons. The summed E-state index contributed by atoms with van der Waals surface area (Å²) in [5, 5.41) is 12.9. The molecule has 0 aliphatic rings. The molecule has 0 atom stereocenters. The number of nitro benzene ring substituents is 1. The fourth-order valence-electron chi connectivity index (χ4n) is 2.26. The van der Waals surface area contributed by atoms with Crippen LogP contribution in [0.4, 0.5) is 36.8 Å². The maximum atomic E-state index is 12.8. The zero-order chi connectivity index (χ0) is 25.0. The third-order valence-electron chi connectivity index (χ3n) is 3.67. The molecule has 15 heteroatoms. The summed E-state index contributed by atoms with van der Waals surface area (Å²) in [6.07, 6.45) is -9.54. The van der Waals surface area contributed by atoms with Crippen molar-refractivity contribution in [2.75, 3.05) is 13.7 Å². The molecule has 2 aromatic rings. The molecular weight excluding hydrogens is 488 g/mol. The number of benzene rings is 2. The highest BCUT2D eigenvalue weighted by atomic mass is 35.5. The number of nitrogens with zero attached hydrogens (tertiary/aromatic N) is 2. The molecule has 0 spiro atoms. The Hall–Kier alpha value is -3.55. The predicted molar refractivity (Wildman–Crippen MR) is 103 cm³/mol. The van der Waals surface area contributed by atoms with Crippen LogP contribution in [0.1, 0.15) is 11.1 Å². The van der Waals surface area contributed by atoms with E-state index in [1.807, 2.05) is 5.32 Å². The van der Waals surface area contributed by atoms with Crippen molar-refractivity contribution >= 4 is 29.2 Å². The van der Waals surface area contributed by atoms with Crippen molar-refractivity contribution in [1.82, 2.24) is 5.32 Å². The van der Waals surface area contributed by atoms with Crippen molar-refractivity contribution < 1.29 is 45.5 Å². The maximum Gasteiger partial charge on any atom is 0.422 e. The summed E-state index contributed by atoms with van der Waals surface area (Å²) in [5.41, 5.74) is -2.51. The van der Waals surface area contributed by atoms with Crippen molar-refractivity contribution in [3.8, 4) is 11.5 Å². The summed E-state index contributed by atoms with van der Waals surface area (Å²) in [4.78, 5) is 25.2. The Morgan fingerprint density at radius 2 is 1.82 bits per heavy atom. The van der Waals surface area contributed by atoms with E-state index in [2.05, 4.69) is 9.73 Å². The fraction of sp³-hybridized carbons (Fsp3) is 0.222. The molecule has 0 bridgehead atoms. The van der Waals surface area contributed by atoms with E-state index >= 15 is 0 Å². The van der Waals surface area contributed by atoms with E-state index in [1.165, 1.54) is 0 Å². The van der Waals surface area contributed by atoms with Crippen LogP contribution in [0.3, 0.4) is 0 Å². The molecule has 1 N–H and O–H groups in total. The summed E-state index contributed by atoms with van der Waals surface area (Å²) in [5.74, 6) is -1.61. The van der Waals surface area contributed by atoms with Crippen LogP contribution >= 0.6 is 11.6 Å². The highest BCUT2D eigenvalue weighted by molar-refractivity contribution is 6.32. The molecule has 0 aliphatic carbocycles. The first-order valence-electron chi connectivity index (χ1n) is 8.54. The van der Waals surface area contributed by atoms with Gasteiger partial charge in [0.05, 0.1) is 15.5 Å². The average Bonchev–Trinajstić information content (AvgIpc) is 2.70. The summed E-state index contributed by atoms with van der Waals surface area (Å²) < 4.78 is 86.0. The molecule has 33 heavy (non-hydrogen) atoms. The van der Waals surface area contributed by atoms with Crippen molar-refractivity contribution in [1.29, 1.82) is 0 Å². The Kier molecular flexibility index (Phi) is 7.74. The number of halogens is 7. The molecule has 0 unspecified atom stereocenters. The van der Waals surface area contributed by atoms with Crippen molar-refractivity contribution in [2.24, 2.45) is 4.99 Å². The van der Waals surface area contributed by atoms with Gasteiger partial charge in [-0.3, -0.25) is 10.1 Å². The van der Waals surface area contributed by atoms with E-state index in [4.69, 9.17) is 16.3 Å². The van der Waals surface area contributed by atoms with Gasteiger partial charge in [0.15, 0.2) is 6.61 Å². The number of nitro groups is 1. The number of carbonyl (C=O) groups is 1. The number of ether oxygens (including phenoxy) is 2. The first-order valence-corrected chi connectivity index (χ1v) is 8.92.